The zero-order valence-corrected chi connectivity index (χ0v) is 15.2. The molecule has 1 N–H and O–H groups in total. The average molecular weight is 395 g/mol. The summed E-state index contributed by atoms with van der Waals surface area (Å²) < 4.78 is 21.6. The average Bonchev–Trinajstić information content (AvgIpc) is 2.88. The van der Waals surface area contributed by atoms with Crippen LogP contribution in [-0.2, 0) is 33.3 Å². The summed E-state index contributed by atoms with van der Waals surface area (Å²) in [6.07, 6.45) is -5.12. The largest absolute Gasteiger partial charge is 0.463 e. The van der Waals surface area contributed by atoms with Gasteiger partial charge in [0, 0.05) is 26.8 Å². The number of nitrogens with zero attached hydrogens (tertiary/aromatic N) is 2. The van der Waals surface area contributed by atoms with Crippen molar-refractivity contribution in [2.75, 3.05) is 6.61 Å². The van der Waals surface area contributed by atoms with Gasteiger partial charge in [-0.25, -0.2) is 4.79 Å². The second-order valence-corrected chi connectivity index (χ2v) is 5.82. The Morgan fingerprint density at radius 1 is 1.14 bits per heavy atom. The first-order valence-electron chi connectivity index (χ1n) is 8.03. The zero-order chi connectivity index (χ0) is 21.0. The van der Waals surface area contributed by atoms with Crippen molar-refractivity contribution in [2.24, 2.45) is 0 Å². The van der Waals surface area contributed by atoms with Gasteiger partial charge >= 0.3 is 23.6 Å². The fourth-order valence-corrected chi connectivity index (χ4v) is 2.74. The van der Waals surface area contributed by atoms with Gasteiger partial charge in [-0.05, 0) is 0 Å². The Morgan fingerprint density at radius 3 is 2.29 bits per heavy atom. The van der Waals surface area contributed by atoms with Crippen LogP contribution in [0.2, 0.25) is 0 Å². The van der Waals surface area contributed by atoms with Gasteiger partial charge in [0.15, 0.2) is 18.4 Å². The number of carbonyl (C=O) groups is 3. The van der Waals surface area contributed by atoms with Crippen molar-refractivity contribution in [1.82, 2.24) is 9.55 Å². The number of nitriles is 1. The lowest BCUT2D eigenvalue weighted by atomic mass is 10.1. The van der Waals surface area contributed by atoms with Crippen LogP contribution in [-0.4, -0.2) is 52.4 Å². The minimum Gasteiger partial charge on any atom is -0.463 e. The molecule has 0 aliphatic carbocycles. The SMILES string of the molecule is CC(=O)OC[C@H]1O[C@@H](n2c(C#N)cc(=O)[nH]c2=O)[C@H](OC(C)=O)[C@@H]1OC(C)=O. The second-order valence-electron chi connectivity index (χ2n) is 5.82. The van der Waals surface area contributed by atoms with E-state index in [4.69, 9.17) is 18.9 Å². The summed E-state index contributed by atoms with van der Waals surface area (Å²) in [4.78, 5) is 59.9. The molecule has 1 aliphatic rings. The first-order chi connectivity index (χ1) is 13.1. The molecule has 12 nitrogen and oxygen atoms in total. The lowest BCUT2D eigenvalue weighted by Gasteiger charge is -2.24. The van der Waals surface area contributed by atoms with Gasteiger partial charge in [0.1, 0.15) is 24.5 Å². The van der Waals surface area contributed by atoms with E-state index in [1.165, 1.54) is 0 Å². The Bertz CT molecular complexity index is 942. The molecule has 0 amide bonds. The minimum absolute atomic E-state index is 0.370. The summed E-state index contributed by atoms with van der Waals surface area (Å²) in [6.45, 7) is 2.97. The minimum atomic E-state index is -1.42. The fraction of sp³-hybridized carbons (Fsp3) is 0.500. The van der Waals surface area contributed by atoms with E-state index in [0.29, 0.717) is 0 Å². The molecule has 0 aromatic carbocycles. The van der Waals surface area contributed by atoms with Gasteiger partial charge in [-0.2, -0.15) is 5.26 Å². The highest BCUT2D eigenvalue weighted by Crippen LogP contribution is 2.34. The number of rotatable bonds is 5. The van der Waals surface area contributed by atoms with Crippen LogP contribution in [0, 0.1) is 11.3 Å². The molecule has 150 valence electrons. The number of esters is 3. The van der Waals surface area contributed by atoms with Crippen molar-refractivity contribution in [3.8, 4) is 6.07 Å². The van der Waals surface area contributed by atoms with Crippen molar-refractivity contribution in [1.29, 1.82) is 5.26 Å². The zero-order valence-electron chi connectivity index (χ0n) is 15.2. The number of aromatic nitrogens is 2. The number of nitrogens with one attached hydrogen (secondary N) is 1. The number of carbonyl (C=O) groups excluding carboxylic acids is 3. The molecule has 1 saturated heterocycles. The lowest BCUT2D eigenvalue weighted by Crippen LogP contribution is -2.43. The molecule has 0 bridgehead atoms. The quantitative estimate of drug-likeness (QED) is 0.469. The third kappa shape index (κ3) is 4.63. The van der Waals surface area contributed by atoms with E-state index in [2.05, 4.69) is 0 Å². The maximum Gasteiger partial charge on any atom is 0.331 e. The van der Waals surface area contributed by atoms with Gasteiger partial charge in [-0.15, -0.1) is 0 Å². The molecule has 28 heavy (non-hydrogen) atoms. The molecule has 0 unspecified atom stereocenters. The van der Waals surface area contributed by atoms with Gasteiger partial charge in [-0.3, -0.25) is 28.7 Å². The van der Waals surface area contributed by atoms with Crippen molar-refractivity contribution in [2.45, 2.75) is 45.3 Å². The third-order valence-corrected chi connectivity index (χ3v) is 3.69. The highest BCUT2D eigenvalue weighted by atomic mass is 16.7. The normalized spacial score (nSPS) is 23.5. The van der Waals surface area contributed by atoms with Crippen LogP contribution < -0.4 is 11.2 Å². The van der Waals surface area contributed by atoms with E-state index in [1.807, 2.05) is 4.98 Å². The van der Waals surface area contributed by atoms with Crippen LogP contribution in [0.4, 0.5) is 0 Å². The van der Waals surface area contributed by atoms with Gasteiger partial charge in [0.25, 0.3) is 5.56 Å². The van der Waals surface area contributed by atoms with E-state index in [-0.39, 0.29) is 12.3 Å². The maximum absolute atomic E-state index is 12.3. The van der Waals surface area contributed by atoms with Crippen molar-refractivity contribution in [3.05, 3.63) is 32.6 Å². The first kappa shape index (κ1) is 20.8. The summed E-state index contributed by atoms with van der Waals surface area (Å²) in [5.74, 6) is -2.16. The van der Waals surface area contributed by atoms with Gasteiger partial charge in [0.2, 0.25) is 0 Å². The Labute approximate surface area is 157 Å². The van der Waals surface area contributed by atoms with Crippen molar-refractivity contribution in [3.63, 3.8) is 0 Å². The molecule has 0 radical (unpaired) electrons. The van der Waals surface area contributed by atoms with Crippen LogP contribution >= 0.6 is 0 Å². The van der Waals surface area contributed by atoms with E-state index < -0.39 is 53.7 Å². The van der Waals surface area contributed by atoms with Crippen LogP contribution in [0.15, 0.2) is 15.7 Å². The molecule has 2 rings (SSSR count). The number of H-pyrrole nitrogens is 1. The van der Waals surface area contributed by atoms with Crippen molar-refractivity contribution < 1.29 is 33.3 Å². The van der Waals surface area contributed by atoms with Crippen LogP contribution in [0.3, 0.4) is 0 Å². The van der Waals surface area contributed by atoms with Gasteiger partial charge in [-0.1, -0.05) is 0 Å². The number of aromatic amines is 1. The summed E-state index contributed by atoms with van der Waals surface area (Å²) in [5.41, 5.74) is -2.18. The second kappa shape index (κ2) is 8.49. The predicted octanol–water partition coefficient (Wildman–Crippen LogP) is -1.27. The molecule has 1 aromatic heterocycles. The fourth-order valence-electron chi connectivity index (χ4n) is 2.74. The molecule has 1 aliphatic heterocycles. The lowest BCUT2D eigenvalue weighted by molar-refractivity contribution is -0.166. The van der Waals surface area contributed by atoms with E-state index in [1.54, 1.807) is 6.07 Å². The number of hydrogen-bond donors (Lipinski definition) is 1. The number of ether oxygens (including phenoxy) is 4. The van der Waals surface area contributed by atoms with E-state index in [0.717, 1.165) is 31.4 Å². The maximum atomic E-state index is 12.3. The Kier molecular flexibility index (Phi) is 6.32. The highest BCUT2D eigenvalue weighted by Gasteiger charge is 2.51. The van der Waals surface area contributed by atoms with Crippen LogP contribution in [0.25, 0.3) is 0 Å². The highest BCUT2D eigenvalue weighted by molar-refractivity contribution is 5.68. The van der Waals surface area contributed by atoms with Gasteiger partial charge in [0.05, 0.1) is 0 Å². The Hall–Kier alpha value is -3.46. The number of hydrogen-bond acceptors (Lipinski definition) is 10. The Morgan fingerprint density at radius 2 is 1.75 bits per heavy atom. The molecule has 1 fully saturated rings. The third-order valence-electron chi connectivity index (χ3n) is 3.69. The molecule has 4 atom stereocenters. The van der Waals surface area contributed by atoms with E-state index >= 15 is 0 Å². The summed E-state index contributed by atoms with van der Waals surface area (Å²) >= 11 is 0. The monoisotopic (exact) mass is 395 g/mol. The molecule has 0 saturated carbocycles. The molecular weight excluding hydrogens is 378 g/mol. The van der Waals surface area contributed by atoms with Crippen molar-refractivity contribution >= 4 is 17.9 Å². The Balaban J connectivity index is 2.55. The standard InChI is InChI=1S/C16H17N3O9/c1-7(20)25-6-11-13(26-8(2)21)14(27-9(3)22)15(28-11)19-10(5-17)4-12(23)18-16(19)24/h4,11,13-15H,6H2,1-3H3,(H,18,23,24)/t11-,13-,14-,15-/m1/s1. The molecule has 0 spiro atoms. The molecular formula is C16H17N3O9. The molecule has 2 heterocycles. The summed E-state index contributed by atoms with van der Waals surface area (Å²) in [7, 11) is 0. The topological polar surface area (TPSA) is 167 Å². The summed E-state index contributed by atoms with van der Waals surface area (Å²) in [5, 5.41) is 9.27. The molecule has 1 aromatic rings. The van der Waals surface area contributed by atoms with Gasteiger partial charge < -0.3 is 18.9 Å². The van der Waals surface area contributed by atoms with E-state index in [9.17, 15) is 29.2 Å². The molecule has 12 heteroatoms. The van der Waals surface area contributed by atoms with Crippen LogP contribution in [0.1, 0.15) is 32.7 Å². The van der Waals surface area contributed by atoms with Crippen LogP contribution in [0.5, 0.6) is 0 Å². The predicted molar refractivity (Wildman–Crippen MR) is 87.7 cm³/mol. The summed E-state index contributed by atoms with van der Waals surface area (Å²) in [6, 6.07) is 2.54. The smallest absolute Gasteiger partial charge is 0.331 e. The first-order valence-corrected chi connectivity index (χ1v) is 8.03.